The fourth-order valence-electron chi connectivity index (χ4n) is 4.22. The molecule has 0 aromatic carbocycles. The van der Waals surface area contributed by atoms with Crippen molar-refractivity contribution in [3.05, 3.63) is 23.8 Å². The van der Waals surface area contributed by atoms with E-state index in [1.807, 2.05) is 11.0 Å². The first-order valence-corrected chi connectivity index (χ1v) is 13.5. The summed E-state index contributed by atoms with van der Waals surface area (Å²) in [4.78, 5) is 41.9. The third-order valence-electron chi connectivity index (χ3n) is 5.71. The van der Waals surface area contributed by atoms with Gasteiger partial charge in [-0.05, 0) is 53.0 Å². The number of carbonyl (C=O) groups is 2. The number of guanidine groups is 1. The third-order valence-corrected chi connectivity index (χ3v) is 5.71. The van der Waals surface area contributed by atoms with Crippen LogP contribution in [-0.2, 0) is 22.6 Å². The van der Waals surface area contributed by atoms with Crippen LogP contribution in [0.5, 0.6) is 0 Å². The van der Waals surface area contributed by atoms with E-state index in [4.69, 9.17) is 9.47 Å². The zero-order valence-corrected chi connectivity index (χ0v) is 25.2. The molecule has 40 heavy (non-hydrogen) atoms. The Bertz CT molecular complexity index is 1300. The molecule has 1 aliphatic heterocycles. The third kappa shape index (κ3) is 9.19. The maximum absolute atomic E-state index is 12.5. The molecular weight excluding hydrogens is 512 g/mol. The fraction of sp³-hybridized carbons (Fsp3) is 0.643. The van der Waals surface area contributed by atoms with E-state index in [0.29, 0.717) is 32.7 Å². The maximum Gasteiger partial charge on any atom is 0.437 e. The lowest BCUT2D eigenvalue weighted by Gasteiger charge is -2.36. The van der Waals surface area contributed by atoms with E-state index in [1.165, 1.54) is 0 Å². The van der Waals surface area contributed by atoms with Crippen LogP contribution in [0.1, 0.15) is 73.8 Å². The Morgan fingerprint density at radius 3 is 2.20 bits per heavy atom. The molecule has 0 saturated carbocycles. The summed E-state index contributed by atoms with van der Waals surface area (Å²) in [6, 6.07) is 4.11. The van der Waals surface area contributed by atoms with Gasteiger partial charge < -0.3 is 18.9 Å². The topological polar surface area (TPSA) is 138 Å². The van der Waals surface area contributed by atoms with E-state index in [0.717, 1.165) is 23.3 Å². The SMILES string of the molecule is CC(C)(C)Cn1c(CN2CCN(/C(=N/C(=O)OC(C)(C)C)NC(=O)OC(C)(C)C)CC2)cc2cnc(C#N)nc21. The summed E-state index contributed by atoms with van der Waals surface area (Å²) in [5, 5.41) is 12.8. The summed E-state index contributed by atoms with van der Waals surface area (Å²) in [5.74, 6) is 0.250. The Kier molecular flexibility index (Phi) is 9.09. The number of rotatable bonds is 3. The summed E-state index contributed by atoms with van der Waals surface area (Å²) in [7, 11) is 0. The van der Waals surface area contributed by atoms with Gasteiger partial charge in [-0.3, -0.25) is 10.2 Å². The summed E-state index contributed by atoms with van der Waals surface area (Å²) >= 11 is 0. The number of piperazine rings is 1. The number of ether oxygens (including phenoxy) is 2. The molecule has 1 fully saturated rings. The van der Waals surface area contributed by atoms with Crippen LogP contribution in [0.3, 0.4) is 0 Å². The monoisotopic (exact) mass is 554 g/mol. The zero-order valence-electron chi connectivity index (χ0n) is 25.2. The van der Waals surface area contributed by atoms with Gasteiger partial charge in [0.2, 0.25) is 11.8 Å². The fourth-order valence-corrected chi connectivity index (χ4v) is 4.22. The Morgan fingerprint density at radius 2 is 1.65 bits per heavy atom. The molecule has 0 radical (unpaired) electrons. The van der Waals surface area contributed by atoms with Crippen molar-refractivity contribution in [1.29, 1.82) is 5.26 Å². The van der Waals surface area contributed by atoms with Gasteiger partial charge >= 0.3 is 12.2 Å². The standard InChI is InChI=1S/C28H42N8O4/c1-26(2,3)18-36-20(14-19-16-30-21(15-29)31-22(19)36)17-34-10-12-35(13-11-34)23(32-24(37)39-27(4,5)6)33-25(38)40-28(7,8)9/h14,16H,10-13,17-18H2,1-9H3,(H,32,33,37,38). The van der Waals surface area contributed by atoms with Gasteiger partial charge in [-0.2, -0.15) is 5.26 Å². The summed E-state index contributed by atoms with van der Waals surface area (Å²) in [6.45, 7) is 20.8. The first-order valence-electron chi connectivity index (χ1n) is 13.5. The summed E-state index contributed by atoms with van der Waals surface area (Å²) in [5.41, 5.74) is 0.405. The highest BCUT2D eigenvalue weighted by atomic mass is 16.6. The molecule has 3 heterocycles. The van der Waals surface area contributed by atoms with Crippen molar-refractivity contribution in [2.45, 2.75) is 86.6 Å². The van der Waals surface area contributed by atoms with Crippen LogP contribution in [0, 0.1) is 16.7 Å². The molecule has 12 heteroatoms. The highest BCUT2D eigenvalue weighted by Crippen LogP contribution is 2.25. The highest BCUT2D eigenvalue weighted by molar-refractivity contribution is 5.99. The number of alkyl carbamates (subject to hydrolysis) is 1. The Morgan fingerprint density at radius 1 is 1.02 bits per heavy atom. The Labute approximate surface area is 236 Å². The number of nitrogens with zero attached hydrogens (tertiary/aromatic N) is 7. The molecule has 0 unspecified atom stereocenters. The van der Waals surface area contributed by atoms with Gasteiger partial charge in [0.25, 0.3) is 0 Å². The van der Waals surface area contributed by atoms with Gasteiger partial charge in [0.15, 0.2) is 0 Å². The van der Waals surface area contributed by atoms with Gasteiger partial charge in [0.05, 0.1) is 0 Å². The number of nitriles is 1. The second kappa shape index (κ2) is 11.8. The molecule has 218 valence electrons. The molecule has 3 rings (SSSR count). The van der Waals surface area contributed by atoms with Crippen LogP contribution in [0.15, 0.2) is 17.3 Å². The van der Waals surface area contributed by atoms with E-state index in [2.05, 4.69) is 56.6 Å². The van der Waals surface area contributed by atoms with Crippen LogP contribution in [0.25, 0.3) is 11.0 Å². The lowest BCUT2D eigenvalue weighted by Crippen LogP contribution is -2.54. The van der Waals surface area contributed by atoms with E-state index in [-0.39, 0.29) is 17.2 Å². The van der Waals surface area contributed by atoms with Gasteiger partial charge in [-0.1, -0.05) is 20.8 Å². The minimum Gasteiger partial charge on any atom is -0.444 e. The summed E-state index contributed by atoms with van der Waals surface area (Å²) in [6.07, 6.45) is 0.218. The first kappa shape index (κ1) is 30.8. The molecule has 2 aromatic rings. The predicted molar refractivity (Wildman–Crippen MR) is 152 cm³/mol. The van der Waals surface area contributed by atoms with Crippen molar-refractivity contribution in [3.63, 3.8) is 0 Å². The molecular formula is C28H42N8O4. The van der Waals surface area contributed by atoms with Crippen LogP contribution in [0.2, 0.25) is 0 Å². The second-order valence-corrected chi connectivity index (χ2v) is 13.2. The number of aromatic nitrogens is 3. The number of fused-ring (bicyclic) bond motifs is 1. The number of amides is 2. The molecule has 0 atom stereocenters. The zero-order chi connectivity index (χ0) is 29.9. The molecule has 1 N–H and O–H groups in total. The van der Waals surface area contributed by atoms with Crippen molar-refractivity contribution in [1.82, 2.24) is 29.7 Å². The minimum atomic E-state index is -0.787. The average molecular weight is 555 g/mol. The largest absolute Gasteiger partial charge is 0.444 e. The number of nitrogens with one attached hydrogen (secondary N) is 1. The number of hydrogen-bond donors (Lipinski definition) is 1. The summed E-state index contributed by atoms with van der Waals surface area (Å²) < 4.78 is 12.9. The lowest BCUT2D eigenvalue weighted by molar-refractivity contribution is 0.0550. The molecule has 0 bridgehead atoms. The van der Waals surface area contributed by atoms with Gasteiger partial charge in [-0.15, -0.1) is 4.99 Å². The molecule has 2 aromatic heterocycles. The van der Waals surface area contributed by atoms with Crippen LogP contribution < -0.4 is 5.32 Å². The molecule has 12 nitrogen and oxygen atoms in total. The van der Waals surface area contributed by atoms with Crippen LogP contribution in [-0.4, -0.2) is 79.9 Å². The van der Waals surface area contributed by atoms with E-state index >= 15 is 0 Å². The van der Waals surface area contributed by atoms with E-state index in [1.54, 1.807) is 47.7 Å². The van der Waals surface area contributed by atoms with E-state index < -0.39 is 23.4 Å². The van der Waals surface area contributed by atoms with E-state index in [9.17, 15) is 14.9 Å². The highest BCUT2D eigenvalue weighted by Gasteiger charge is 2.27. The second-order valence-electron chi connectivity index (χ2n) is 13.2. The number of hydrogen-bond acceptors (Lipinski definition) is 8. The van der Waals surface area contributed by atoms with Gasteiger partial charge in [0, 0.05) is 56.5 Å². The van der Waals surface area contributed by atoms with Gasteiger partial charge in [0.1, 0.15) is 22.9 Å². The molecule has 0 aliphatic carbocycles. The lowest BCUT2D eigenvalue weighted by atomic mass is 9.97. The van der Waals surface area contributed by atoms with Gasteiger partial charge in [-0.25, -0.2) is 19.6 Å². The van der Waals surface area contributed by atoms with Crippen molar-refractivity contribution in [2.75, 3.05) is 26.2 Å². The quantitative estimate of drug-likeness (QED) is 0.435. The van der Waals surface area contributed by atoms with Crippen molar-refractivity contribution < 1.29 is 19.1 Å². The number of aliphatic imine (C=N–C) groups is 1. The Hall–Kier alpha value is -3.72. The average Bonchev–Trinajstić information content (AvgIpc) is 3.11. The smallest absolute Gasteiger partial charge is 0.437 e. The van der Waals surface area contributed by atoms with Crippen LogP contribution >= 0.6 is 0 Å². The number of carbonyl (C=O) groups excluding carboxylic acids is 2. The Balaban J connectivity index is 1.78. The van der Waals surface area contributed by atoms with Crippen molar-refractivity contribution in [2.24, 2.45) is 10.4 Å². The normalized spacial score (nSPS) is 15.6. The molecule has 2 amide bonds. The minimum absolute atomic E-state index is 0.00246. The first-order chi connectivity index (χ1) is 18.4. The predicted octanol–water partition coefficient (Wildman–Crippen LogP) is 4.28. The van der Waals surface area contributed by atoms with Crippen molar-refractivity contribution >= 4 is 29.2 Å². The molecule has 1 saturated heterocycles. The molecule has 0 spiro atoms. The van der Waals surface area contributed by atoms with Crippen LogP contribution in [0.4, 0.5) is 9.59 Å². The van der Waals surface area contributed by atoms with Crippen molar-refractivity contribution in [3.8, 4) is 6.07 Å². The maximum atomic E-state index is 12.5. The molecule has 1 aliphatic rings.